The molecule has 1 atom stereocenters. The maximum atomic E-state index is 11.7. The monoisotopic (exact) mass is 270 g/mol. The van der Waals surface area contributed by atoms with E-state index < -0.39 is 6.03 Å². The topological polar surface area (TPSA) is 73.5 Å². The van der Waals surface area contributed by atoms with E-state index in [2.05, 4.69) is 34.7 Å². The zero-order valence-corrected chi connectivity index (χ0v) is 12.2. The highest BCUT2D eigenvalue weighted by Gasteiger charge is 2.21. The van der Waals surface area contributed by atoms with Gasteiger partial charge in [-0.05, 0) is 33.2 Å². The molecule has 1 aliphatic heterocycles. The number of carbonyl (C=O) groups excluding carboxylic acids is 2. The number of carbonyl (C=O) groups is 2. The maximum Gasteiger partial charge on any atom is 0.321 e. The van der Waals surface area contributed by atoms with Gasteiger partial charge in [-0.1, -0.05) is 6.42 Å². The van der Waals surface area contributed by atoms with E-state index in [1.165, 1.54) is 19.9 Å². The van der Waals surface area contributed by atoms with Crippen molar-refractivity contribution in [3.05, 3.63) is 0 Å². The summed E-state index contributed by atoms with van der Waals surface area (Å²) in [4.78, 5) is 24.9. The number of nitrogens with one attached hydrogen (secondary N) is 3. The minimum Gasteiger partial charge on any atom is -0.341 e. The second-order valence-electron chi connectivity index (χ2n) is 5.30. The van der Waals surface area contributed by atoms with E-state index in [9.17, 15) is 9.59 Å². The highest BCUT2D eigenvalue weighted by Crippen LogP contribution is 2.10. The third-order valence-electron chi connectivity index (χ3n) is 3.42. The van der Waals surface area contributed by atoms with E-state index >= 15 is 0 Å². The SMILES string of the molecule is CNC(=O)NC(=O)CN(CC1CCCCN1)C(C)C. The lowest BCUT2D eigenvalue weighted by Gasteiger charge is -2.32. The molecular formula is C13H26N4O2. The number of urea groups is 1. The van der Waals surface area contributed by atoms with Gasteiger partial charge in [0.15, 0.2) is 0 Å². The van der Waals surface area contributed by atoms with Gasteiger partial charge in [-0.3, -0.25) is 15.0 Å². The van der Waals surface area contributed by atoms with Crippen molar-refractivity contribution in [2.75, 3.05) is 26.7 Å². The molecule has 1 heterocycles. The van der Waals surface area contributed by atoms with Gasteiger partial charge in [-0.15, -0.1) is 0 Å². The Kier molecular flexibility index (Phi) is 6.80. The summed E-state index contributed by atoms with van der Waals surface area (Å²) in [5.74, 6) is -0.260. The highest BCUT2D eigenvalue weighted by molar-refractivity contribution is 5.95. The van der Waals surface area contributed by atoms with Crippen LogP contribution in [0.25, 0.3) is 0 Å². The molecule has 0 radical (unpaired) electrons. The summed E-state index contributed by atoms with van der Waals surface area (Å²) in [7, 11) is 1.49. The van der Waals surface area contributed by atoms with E-state index in [0.717, 1.165) is 19.5 Å². The van der Waals surface area contributed by atoms with Crippen molar-refractivity contribution in [1.82, 2.24) is 20.9 Å². The smallest absolute Gasteiger partial charge is 0.321 e. The van der Waals surface area contributed by atoms with Crippen LogP contribution in [-0.2, 0) is 4.79 Å². The number of hydrogen-bond donors (Lipinski definition) is 3. The van der Waals surface area contributed by atoms with Crippen LogP contribution in [0.2, 0.25) is 0 Å². The number of amides is 3. The molecule has 0 bridgehead atoms. The Hall–Kier alpha value is -1.14. The molecule has 3 amide bonds. The summed E-state index contributed by atoms with van der Waals surface area (Å²) >= 11 is 0. The molecule has 1 rings (SSSR count). The second-order valence-corrected chi connectivity index (χ2v) is 5.30. The predicted molar refractivity (Wildman–Crippen MR) is 74.9 cm³/mol. The lowest BCUT2D eigenvalue weighted by atomic mass is 10.0. The molecule has 110 valence electrons. The normalized spacial score (nSPS) is 19.5. The molecule has 1 fully saturated rings. The van der Waals surface area contributed by atoms with Crippen molar-refractivity contribution in [3.8, 4) is 0 Å². The van der Waals surface area contributed by atoms with E-state index in [1.54, 1.807) is 0 Å². The first kappa shape index (κ1) is 15.9. The Morgan fingerprint density at radius 3 is 2.63 bits per heavy atom. The van der Waals surface area contributed by atoms with Gasteiger partial charge >= 0.3 is 6.03 Å². The molecule has 0 aromatic heterocycles. The van der Waals surface area contributed by atoms with Crippen LogP contribution in [0.1, 0.15) is 33.1 Å². The predicted octanol–water partition coefficient (Wildman–Crippen LogP) is 0.295. The first-order valence-corrected chi connectivity index (χ1v) is 7.02. The van der Waals surface area contributed by atoms with Crippen LogP contribution in [-0.4, -0.2) is 55.6 Å². The van der Waals surface area contributed by atoms with Crippen molar-refractivity contribution < 1.29 is 9.59 Å². The lowest BCUT2D eigenvalue weighted by Crippen LogP contribution is -2.50. The summed E-state index contributed by atoms with van der Waals surface area (Å²) in [6, 6.07) is 0.271. The second kappa shape index (κ2) is 8.12. The van der Waals surface area contributed by atoms with Gasteiger partial charge in [0.05, 0.1) is 6.54 Å². The van der Waals surface area contributed by atoms with Crippen LogP contribution in [0.15, 0.2) is 0 Å². The van der Waals surface area contributed by atoms with E-state index in [0.29, 0.717) is 6.04 Å². The van der Waals surface area contributed by atoms with Gasteiger partial charge < -0.3 is 10.6 Å². The van der Waals surface area contributed by atoms with Crippen LogP contribution >= 0.6 is 0 Å². The zero-order chi connectivity index (χ0) is 14.3. The zero-order valence-electron chi connectivity index (χ0n) is 12.2. The molecule has 0 aromatic rings. The molecular weight excluding hydrogens is 244 g/mol. The van der Waals surface area contributed by atoms with Crippen LogP contribution in [0.3, 0.4) is 0 Å². The number of rotatable bonds is 5. The molecule has 0 saturated carbocycles. The van der Waals surface area contributed by atoms with Crippen LogP contribution in [0.5, 0.6) is 0 Å². The minimum absolute atomic E-state index is 0.253. The number of imide groups is 1. The van der Waals surface area contributed by atoms with Crippen LogP contribution in [0.4, 0.5) is 4.79 Å². The Bertz CT molecular complexity index is 301. The Morgan fingerprint density at radius 1 is 1.37 bits per heavy atom. The summed E-state index contributed by atoms with van der Waals surface area (Å²) in [6.45, 7) is 6.29. The fraction of sp³-hybridized carbons (Fsp3) is 0.846. The third kappa shape index (κ3) is 6.02. The first-order chi connectivity index (χ1) is 9.02. The number of nitrogens with zero attached hydrogens (tertiary/aromatic N) is 1. The fourth-order valence-electron chi connectivity index (χ4n) is 2.23. The summed E-state index contributed by atoms with van der Waals surface area (Å²) < 4.78 is 0. The molecule has 0 aliphatic carbocycles. The maximum absolute atomic E-state index is 11.7. The van der Waals surface area contributed by atoms with Gasteiger partial charge in [0.1, 0.15) is 0 Å². The molecule has 1 aliphatic rings. The molecule has 0 spiro atoms. The molecule has 6 heteroatoms. The van der Waals surface area contributed by atoms with Crippen LogP contribution in [0, 0.1) is 0 Å². The summed E-state index contributed by atoms with van der Waals surface area (Å²) in [5.41, 5.74) is 0. The third-order valence-corrected chi connectivity index (χ3v) is 3.42. The van der Waals surface area contributed by atoms with Gasteiger partial charge in [0.25, 0.3) is 0 Å². The minimum atomic E-state index is -0.454. The van der Waals surface area contributed by atoms with Crippen molar-refractivity contribution >= 4 is 11.9 Å². The molecule has 1 saturated heterocycles. The average molecular weight is 270 g/mol. The first-order valence-electron chi connectivity index (χ1n) is 7.02. The van der Waals surface area contributed by atoms with Crippen molar-refractivity contribution in [1.29, 1.82) is 0 Å². The van der Waals surface area contributed by atoms with Crippen molar-refractivity contribution in [2.24, 2.45) is 0 Å². The summed E-state index contributed by atoms with van der Waals surface area (Å²) in [6.07, 6.45) is 3.63. The molecule has 6 nitrogen and oxygen atoms in total. The standard InChI is InChI=1S/C13H26N4O2/c1-10(2)17(8-11-6-4-5-7-15-11)9-12(18)16-13(19)14-3/h10-11,15H,4-9H2,1-3H3,(H2,14,16,18,19). The molecule has 19 heavy (non-hydrogen) atoms. The summed E-state index contributed by atoms with van der Waals surface area (Å²) in [5, 5.41) is 8.16. The van der Waals surface area contributed by atoms with Gasteiger partial charge in [-0.25, -0.2) is 4.79 Å². The molecule has 0 aromatic carbocycles. The van der Waals surface area contributed by atoms with Gasteiger partial charge in [-0.2, -0.15) is 0 Å². The Morgan fingerprint density at radius 2 is 2.11 bits per heavy atom. The number of hydrogen-bond acceptors (Lipinski definition) is 4. The number of piperidine rings is 1. The Balaban J connectivity index is 2.43. The van der Waals surface area contributed by atoms with Crippen molar-refractivity contribution in [3.63, 3.8) is 0 Å². The van der Waals surface area contributed by atoms with Gasteiger partial charge in [0, 0.05) is 25.7 Å². The highest BCUT2D eigenvalue weighted by atomic mass is 16.2. The van der Waals surface area contributed by atoms with E-state index in [4.69, 9.17) is 0 Å². The van der Waals surface area contributed by atoms with E-state index in [-0.39, 0.29) is 18.5 Å². The average Bonchev–Trinajstić information content (AvgIpc) is 2.38. The Labute approximate surface area is 115 Å². The van der Waals surface area contributed by atoms with Crippen molar-refractivity contribution in [2.45, 2.75) is 45.2 Å². The van der Waals surface area contributed by atoms with E-state index in [1.807, 2.05) is 0 Å². The quantitative estimate of drug-likeness (QED) is 0.671. The lowest BCUT2D eigenvalue weighted by molar-refractivity contribution is -0.121. The molecule has 1 unspecified atom stereocenters. The van der Waals surface area contributed by atoms with Crippen LogP contribution < -0.4 is 16.0 Å². The fourth-order valence-corrected chi connectivity index (χ4v) is 2.23. The largest absolute Gasteiger partial charge is 0.341 e. The molecule has 3 N–H and O–H groups in total. The van der Waals surface area contributed by atoms with Gasteiger partial charge in [0.2, 0.25) is 5.91 Å².